The van der Waals surface area contributed by atoms with Crippen molar-refractivity contribution in [3.8, 4) is 5.75 Å². The van der Waals surface area contributed by atoms with Gasteiger partial charge in [0.1, 0.15) is 21.6 Å². The number of nitrogens with zero attached hydrogens (tertiary/aromatic N) is 3. The van der Waals surface area contributed by atoms with E-state index in [0.29, 0.717) is 29.6 Å². The number of benzene rings is 1. The van der Waals surface area contributed by atoms with Crippen molar-refractivity contribution < 1.29 is 37.4 Å². The molecule has 2 aromatic heterocycles. The molecule has 2 aliphatic rings. The Bertz CT molecular complexity index is 1430. The number of aromatic nitrogens is 1. The molecule has 0 saturated carbocycles. The van der Waals surface area contributed by atoms with Crippen molar-refractivity contribution >= 4 is 56.6 Å². The highest BCUT2D eigenvalue weighted by molar-refractivity contribution is 7.21. The van der Waals surface area contributed by atoms with E-state index in [4.69, 9.17) is 4.74 Å². The van der Waals surface area contributed by atoms with Crippen LogP contribution in [0.4, 0.5) is 39.8 Å². The molecule has 10 nitrogen and oxygen atoms in total. The van der Waals surface area contributed by atoms with Crippen LogP contribution in [0.15, 0.2) is 30.5 Å². The summed E-state index contributed by atoms with van der Waals surface area (Å²) in [5.74, 6) is -0.907. The fourth-order valence-electron chi connectivity index (χ4n) is 4.57. The number of amides is 4. The van der Waals surface area contributed by atoms with E-state index < -0.39 is 35.8 Å². The van der Waals surface area contributed by atoms with Crippen molar-refractivity contribution in [1.82, 2.24) is 15.2 Å². The standard InChI is InChI=1S/C23H20F3N5O5S/c1-36-15-5-4-12(9-13(15)23(24,25)26)31-14-6-7-27-20-16(14)17(29-21(31)33)18(37-20)19(32)28-11-3-2-8-30(10-11)22(34)35/h4-7,9,11H,2-3,8,10H2,1H3,(H,28,32)(H,29,33)(H,34,35)/p-1. The number of halogens is 3. The van der Waals surface area contributed by atoms with Crippen LogP contribution in [0.25, 0.3) is 10.2 Å². The van der Waals surface area contributed by atoms with Gasteiger partial charge in [-0.25, -0.2) is 9.78 Å². The van der Waals surface area contributed by atoms with E-state index in [-0.39, 0.29) is 34.2 Å². The summed E-state index contributed by atoms with van der Waals surface area (Å²) in [6, 6.07) is 3.56. The number of alkyl halides is 3. The SMILES string of the molecule is COc1ccc(N2C(=O)Nc3c(C(=O)NC4CCCN(C(=O)[O-])C4)sc4nccc2c34)cc1C(F)(F)F. The monoisotopic (exact) mass is 534 g/mol. The molecular formula is C23H19F3N5O5S-. The number of urea groups is 1. The number of likely N-dealkylation sites (tertiary alicyclic amines) is 1. The Hall–Kier alpha value is -4.07. The van der Waals surface area contributed by atoms with Crippen molar-refractivity contribution in [3.63, 3.8) is 0 Å². The third kappa shape index (κ3) is 4.37. The zero-order chi connectivity index (χ0) is 26.5. The summed E-state index contributed by atoms with van der Waals surface area (Å²) in [6.07, 6.45) is -3.51. The van der Waals surface area contributed by atoms with Gasteiger partial charge in [0.05, 0.1) is 35.1 Å². The van der Waals surface area contributed by atoms with Crippen LogP contribution in [0.1, 0.15) is 28.1 Å². The first kappa shape index (κ1) is 24.6. The van der Waals surface area contributed by atoms with Crippen molar-refractivity contribution in [3.05, 3.63) is 40.9 Å². The molecule has 0 aliphatic carbocycles. The fourth-order valence-corrected chi connectivity index (χ4v) is 5.59. The number of carbonyl (C=O) groups excluding carboxylic acids is 3. The molecule has 194 valence electrons. The lowest BCUT2D eigenvalue weighted by Crippen LogP contribution is -2.53. The number of carboxylic acid groups (broad SMARTS) is 1. The van der Waals surface area contributed by atoms with Crippen LogP contribution in [0, 0.1) is 0 Å². The Labute approximate surface area is 211 Å². The first-order valence-corrected chi connectivity index (χ1v) is 11.9. The van der Waals surface area contributed by atoms with Gasteiger partial charge < -0.3 is 30.2 Å². The summed E-state index contributed by atoms with van der Waals surface area (Å²) in [6.45, 7) is 0.403. The number of hydrogen-bond donors (Lipinski definition) is 2. The summed E-state index contributed by atoms with van der Waals surface area (Å²) >= 11 is 1.01. The van der Waals surface area contributed by atoms with Gasteiger partial charge in [-0.15, -0.1) is 11.3 Å². The minimum atomic E-state index is -4.72. The van der Waals surface area contributed by atoms with Crippen LogP contribution in [-0.2, 0) is 6.18 Å². The Morgan fingerprint density at radius 1 is 1.30 bits per heavy atom. The zero-order valence-electron chi connectivity index (χ0n) is 19.2. The summed E-state index contributed by atoms with van der Waals surface area (Å²) in [4.78, 5) is 44.5. The second kappa shape index (κ2) is 9.10. The minimum Gasteiger partial charge on any atom is -0.530 e. The molecule has 1 fully saturated rings. The number of rotatable bonds is 4. The van der Waals surface area contributed by atoms with Crippen molar-refractivity contribution in [2.75, 3.05) is 30.4 Å². The maximum absolute atomic E-state index is 13.6. The highest BCUT2D eigenvalue weighted by Crippen LogP contribution is 2.47. The smallest absolute Gasteiger partial charge is 0.420 e. The van der Waals surface area contributed by atoms with Gasteiger partial charge in [0.2, 0.25) is 0 Å². The van der Waals surface area contributed by atoms with Gasteiger partial charge in [0, 0.05) is 25.3 Å². The van der Waals surface area contributed by atoms with Gasteiger partial charge in [0.25, 0.3) is 5.91 Å². The molecule has 3 aromatic rings. The molecule has 1 unspecified atom stereocenters. The topological polar surface area (TPSA) is 127 Å². The summed E-state index contributed by atoms with van der Waals surface area (Å²) in [5, 5.41) is 17.0. The molecule has 1 saturated heterocycles. The molecule has 14 heteroatoms. The molecule has 0 spiro atoms. The summed E-state index contributed by atoms with van der Waals surface area (Å²) in [5.41, 5.74) is -0.637. The van der Waals surface area contributed by atoms with E-state index in [1.807, 2.05) is 0 Å². The third-order valence-electron chi connectivity index (χ3n) is 6.21. The lowest BCUT2D eigenvalue weighted by Gasteiger charge is -2.34. The lowest BCUT2D eigenvalue weighted by molar-refractivity contribution is -0.266. The second-order valence-electron chi connectivity index (χ2n) is 8.49. The molecule has 5 rings (SSSR count). The van der Waals surface area contributed by atoms with Gasteiger partial charge in [0.15, 0.2) is 0 Å². The molecule has 4 amide bonds. The van der Waals surface area contributed by atoms with E-state index in [2.05, 4.69) is 15.6 Å². The van der Waals surface area contributed by atoms with E-state index in [1.165, 1.54) is 18.3 Å². The maximum atomic E-state index is 13.6. The average Bonchev–Trinajstić information content (AvgIpc) is 3.23. The molecule has 37 heavy (non-hydrogen) atoms. The Balaban J connectivity index is 1.52. The van der Waals surface area contributed by atoms with E-state index >= 15 is 0 Å². The maximum Gasteiger partial charge on any atom is 0.420 e. The number of carbonyl (C=O) groups is 3. The Kier molecular flexibility index (Phi) is 6.06. The number of piperidine rings is 1. The number of methoxy groups -OCH3 is 1. The number of hydrogen-bond acceptors (Lipinski definition) is 7. The average molecular weight is 534 g/mol. The van der Waals surface area contributed by atoms with Gasteiger partial charge in [-0.05, 0) is 37.1 Å². The predicted molar refractivity (Wildman–Crippen MR) is 126 cm³/mol. The zero-order valence-corrected chi connectivity index (χ0v) is 20.0. The Morgan fingerprint density at radius 2 is 2.08 bits per heavy atom. The van der Waals surface area contributed by atoms with E-state index in [9.17, 15) is 32.7 Å². The fraction of sp³-hybridized carbons (Fsp3) is 0.304. The minimum absolute atomic E-state index is 0.0504. The molecule has 1 atom stereocenters. The quantitative estimate of drug-likeness (QED) is 0.527. The van der Waals surface area contributed by atoms with Gasteiger partial charge in [-0.1, -0.05) is 0 Å². The third-order valence-corrected chi connectivity index (χ3v) is 7.31. The highest BCUT2D eigenvalue weighted by atomic mass is 32.1. The highest BCUT2D eigenvalue weighted by Gasteiger charge is 2.38. The molecule has 0 bridgehead atoms. The van der Waals surface area contributed by atoms with Gasteiger partial charge in [-0.2, -0.15) is 13.2 Å². The predicted octanol–water partition coefficient (Wildman–Crippen LogP) is 3.54. The van der Waals surface area contributed by atoms with Crippen molar-refractivity contribution in [2.24, 2.45) is 0 Å². The van der Waals surface area contributed by atoms with Crippen LogP contribution in [0.5, 0.6) is 5.75 Å². The number of nitrogens with one attached hydrogen (secondary N) is 2. The van der Waals surface area contributed by atoms with Crippen molar-refractivity contribution in [1.29, 1.82) is 0 Å². The molecule has 2 aliphatic heterocycles. The molecule has 0 radical (unpaired) electrons. The first-order chi connectivity index (χ1) is 17.6. The normalized spacial score (nSPS) is 17.5. The van der Waals surface area contributed by atoms with Crippen LogP contribution in [-0.4, -0.2) is 54.2 Å². The summed E-state index contributed by atoms with van der Waals surface area (Å²) in [7, 11) is 1.12. The van der Waals surface area contributed by atoms with E-state index in [0.717, 1.165) is 40.4 Å². The number of ether oxygens (including phenoxy) is 1. The van der Waals surface area contributed by atoms with Gasteiger partial charge in [-0.3, -0.25) is 9.69 Å². The number of pyridine rings is 1. The van der Waals surface area contributed by atoms with Crippen molar-refractivity contribution in [2.45, 2.75) is 25.1 Å². The lowest BCUT2D eigenvalue weighted by atomic mass is 10.1. The number of thiophene rings is 1. The van der Waals surface area contributed by atoms with Gasteiger partial charge >= 0.3 is 12.2 Å². The Morgan fingerprint density at radius 3 is 2.78 bits per heavy atom. The van der Waals surface area contributed by atoms with Crippen LogP contribution in [0.2, 0.25) is 0 Å². The van der Waals surface area contributed by atoms with Crippen LogP contribution < -0.4 is 25.4 Å². The molecule has 4 heterocycles. The molecule has 1 aromatic carbocycles. The molecular weight excluding hydrogens is 515 g/mol. The molecule has 2 N–H and O–H groups in total. The second-order valence-corrected chi connectivity index (χ2v) is 9.49. The number of anilines is 3. The van der Waals surface area contributed by atoms with E-state index in [1.54, 1.807) is 0 Å². The van der Waals surface area contributed by atoms with Crippen LogP contribution in [0.3, 0.4) is 0 Å². The van der Waals surface area contributed by atoms with Crippen LogP contribution >= 0.6 is 11.3 Å². The summed E-state index contributed by atoms with van der Waals surface area (Å²) < 4.78 is 45.7. The largest absolute Gasteiger partial charge is 0.530 e. The first-order valence-electron chi connectivity index (χ1n) is 11.1.